The number of carbonyl (C=O) groups is 4. The first-order valence-electron chi connectivity index (χ1n) is 19.3. The third-order valence-corrected chi connectivity index (χ3v) is 9.65. The van der Waals surface area contributed by atoms with Gasteiger partial charge >= 0.3 is 31.4 Å². The molecule has 0 aliphatic rings. The van der Waals surface area contributed by atoms with Gasteiger partial charge < -0.3 is 29.3 Å². The minimum Gasteiger partial charge on any atom is -0.480 e. The summed E-state index contributed by atoms with van der Waals surface area (Å²) in [4.78, 5) is 87.8. The van der Waals surface area contributed by atoms with Crippen LogP contribution in [-0.2, 0) is 54.5 Å². The van der Waals surface area contributed by atoms with E-state index in [4.69, 9.17) is 70.8 Å². The van der Waals surface area contributed by atoms with Gasteiger partial charge in [-0.3, -0.25) is 38.5 Å². The van der Waals surface area contributed by atoms with Crippen LogP contribution < -0.4 is 21.5 Å². The molecule has 1 aromatic heterocycles. The number of amides is 2. The van der Waals surface area contributed by atoms with E-state index in [1.807, 2.05) is 18.2 Å². The Hall–Kier alpha value is -4.50. The van der Waals surface area contributed by atoms with Crippen molar-refractivity contribution in [1.82, 2.24) is 19.4 Å². The zero-order valence-electron chi connectivity index (χ0n) is 36.8. The number of para-hydroxylation sites is 1. The summed E-state index contributed by atoms with van der Waals surface area (Å²) in [6.45, 7) is 15.1. The number of carbonyl (C=O) groups excluding carboxylic acids is 3. The lowest BCUT2D eigenvalue weighted by Crippen LogP contribution is -2.40. The highest BCUT2D eigenvalue weighted by Crippen LogP contribution is 2.32. The molecule has 2 aromatic carbocycles. The number of anilines is 1. The van der Waals surface area contributed by atoms with E-state index in [0.717, 1.165) is 42.8 Å². The Labute approximate surface area is 399 Å². The first-order chi connectivity index (χ1) is 30.7. The maximum absolute atomic E-state index is 12.9. The summed E-state index contributed by atoms with van der Waals surface area (Å²) in [6, 6.07) is 10.0. The van der Waals surface area contributed by atoms with Crippen molar-refractivity contribution >= 4 is 83.4 Å². The van der Waals surface area contributed by atoms with E-state index in [2.05, 4.69) is 32.3 Å². The van der Waals surface area contributed by atoms with E-state index in [-0.39, 0.29) is 40.7 Å². The molecule has 0 aliphatic heterocycles. The summed E-state index contributed by atoms with van der Waals surface area (Å²) in [7, 11) is -1.62. The van der Waals surface area contributed by atoms with Crippen LogP contribution in [0.4, 0.5) is 18.9 Å². The largest absolute Gasteiger partial charge is 0.480 e. The van der Waals surface area contributed by atoms with Crippen LogP contribution in [0.1, 0.15) is 54.9 Å². The van der Waals surface area contributed by atoms with E-state index in [1.165, 1.54) is 17.0 Å². The molecule has 2 amide bonds. The van der Waals surface area contributed by atoms with Gasteiger partial charge in [0.25, 0.3) is 11.5 Å². The lowest BCUT2D eigenvalue weighted by molar-refractivity contribution is -0.144. The van der Waals surface area contributed by atoms with Gasteiger partial charge in [-0.2, -0.15) is 13.2 Å². The maximum Gasteiger partial charge on any atom is 0.431 e. The summed E-state index contributed by atoms with van der Waals surface area (Å²) >= 11 is 22.4. The Morgan fingerprint density at radius 3 is 1.94 bits per heavy atom. The van der Waals surface area contributed by atoms with Crippen molar-refractivity contribution in [3.63, 3.8) is 0 Å². The zero-order valence-corrected chi connectivity index (χ0v) is 40.7. The average Bonchev–Trinajstić information content (AvgIpc) is 3.23. The fourth-order valence-electron chi connectivity index (χ4n) is 5.26. The number of alkyl halides is 6. The SMILES string of the molecule is C=CCN(CC=C)C(=O)C(Cl)Cl.CC(C)OC(=O)c1cc(-n2c(=O)cc(C(F)(F)F)n(C)c2=O)ccc1Cl.CCc1cccc(CC)c1N(COC)C(=O)CCl.O=C(O)CNCP(=O)(O)O. The molecule has 1 heterocycles. The minimum atomic E-state index is -4.86. The number of aromatic nitrogens is 2. The number of carboxylic acid groups (broad SMARTS) is 1. The van der Waals surface area contributed by atoms with Crippen molar-refractivity contribution < 1.29 is 61.3 Å². The van der Waals surface area contributed by atoms with Gasteiger partial charge in [0.05, 0.1) is 40.9 Å². The monoisotopic (exact) mass is 1040 g/mol. The first kappa shape index (κ1) is 61.5. The predicted molar refractivity (Wildman–Crippen MR) is 248 cm³/mol. The second-order valence-electron chi connectivity index (χ2n) is 13.4. The van der Waals surface area contributed by atoms with Crippen LogP contribution in [-0.4, -0.2) is 109 Å². The van der Waals surface area contributed by atoms with Crippen LogP contribution in [0.2, 0.25) is 5.02 Å². The highest BCUT2D eigenvalue weighted by atomic mass is 35.5. The molecule has 0 radical (unpaired) electrons. The summed E-state index contributed by atoms with van der Waals surface area (Å²) in [5.41, 5.74) is -0.765. The van der Waals surface area contributed by atoms with Crippen molar-refractivity contribution in [2.45, 2.75) is 57.7 Å². The second kappa shape index (κ2) is 30.0. The number of methoxy groups -OCH3 is 1. The molecule has 3 aromatic rings. The van der Waals surface area contributed by atoms with Gasteiger partial charge in [-0.1, -0.05) is 79.0 Å². The van der Waals surface area contributed by atoms with Gasteiger partial charge in [-0.05, 0) is 56.0 Å². The molecule has 0 saturated carbocycles. The van der Waals surface area contributed by atoms with Crippen molar-refractivity contribution in [1.29, 1.82) is 0 Å². The summed E-state index contributed by atoms with van der Waals surface area (Å²) in [6.07, 6.45) is -0.936. The van der Waals surface area contributed by atoms with Gasteiger partial charge in [-0.15, -0.1) is 24.8 Å². The number of nitrogens with zero attached hydrogens (tertiary/aromatic N) is 4. The Bertz CT molecular complexity index is 2260. The highest BCUT2D eigenvalue weighted by molar-refractivity contribution is 7.51. The maximum atomic E-state index is 12.9. The average molecular weight is 1040 g/mol. The van der Waals surface area contributed by atoms with Crippen LogP contribution in [0.25, 0.3) is 5.69 Å². The molecular formula is C41H53Cl4F3N5O12P. The molecule has 0 aliphatic carbocycles. The molecule has 0 unspecified atom stereocenters. The number of halogens is 7. The number of hydrogen-bond donors (Lipinski definition) is 4. The number of ether oxygens (including phenoxy) is 2. The van der Waals surface area contributed by atoms with E-state index < -0.39 is 66.4 Å². The number of aliphatic carboxylic acids is 1. The van der Waals surface area contributed by atoms with E-state index in [9.17, 15) is 46.5 Å². The predicted octanol–water partition coefficient (Wildman–Crippen LogP) is 6.55. The van der Waals surface area contributed by atoms with Crippen LogP contribution in [0.15, 0.2) is 77.4 Å². The third kappa shape index (κ3) is 21.0. The van der Waals surface area contributed by atoms with Crippen LogP contribution in [0.3, 0.4) is 0 Å². The number of esters is 1. The quantitative estimate of drug-likeness (QED) is 0.0349. The number of carboxylic acids is 1. The molecule has 0 saturated heterocycles. The van der Waals surface area contributed by atoms with E-state index >= 15 is 0 Å². The number of benzene rings is 2. The minimum absolute atomic E-state index is 0.0104. The Kier molecular flexibility index (Phi) is 28.0. The van der Waals surface area contributed by atoms with Crippen LogP contribution >= 0.6 is 54.0 Å². The highest BCUT2D eigenvalue weighted by Gasteiger charge is 2.35. The van der Waals surface area contributed by atoms with Gasteiger partial charge in [0.15, 0.2) is 4.84 Å². The fraction of sp³-hybridized carbons (Fsp3) is 0.415. The Balaban J connectivity index is 0.000000919. The van der Waals surface area contributed by atoms with Crippen molar-refractivity contribution in [3.05, 3.63) is 116 Å². The van der Waals surface area contributed by atoms with Crippen LogP contribution in [0.5, 0.6) is 0 Å². The molecule has 66 heavy (non-hydrogen) atoms. The lowest BCUT2D eigenvalue weighted by atomic mass is 10.0. The second-order valence-corrected chi connectivity index (χ2v) is 16.8. The Morgan fingerprint density at radius 2 is 1.53 bits per heavy atom. The van der Waals surface area contributed by atoms with Gasteiger partial charge in [0.1, 0.15) is 18.3 Å². The van der Waals surface area contributed by atoms with E-state index in [0.29, 0.717) is 28.3 Å². The third-order valence-electron chi connectivity index (χ3n) is 8.08. The molecule has 17 nitrogen and oxygen atoms in total. The van der Waals surface area contributed by atoms with Crippen molar-refractivity contribution in [2.75, 3.05) is 50.5 Å². The van der Waals surface area contributed by atoms with E-state index in [1.54, 1.807) is 38.0 Å². The number of rotatable bonds is 18. The molecule has 0 atom stereocenters. The Morgan fingerprint density at radius 1 is 0.985 bits per heavy atom. The van der Waals surface area contributed by atoms with Crippen molar-refractivity contribution in [3.8, 4) is 5.69 Å². The lowest BCUT2D eigenvalue weighted by Gasteiger charge is -2.26. The normalized spacial score (nSPS) is 10.9. The molecule has 0 fully saturated rings. The number of hydrogen-bond acceptors (Lipinski definition) is 10. The summed E-state index contributed by atoms with van der Waals surface area (Å²) < 4.78 is 59.7. The van der Waals surface area contributed by atoms with Gasteiger partial charge in [0, 0.05) is 33.3 Å². The van der Waals surface area contributed by atoms with Crippen LogP contribution in [0, 0.1) is 0 Å². The van der Waals surface area contributed by atoms with Gasteiger partial charge in [-0.25, -0.2) is 14.2 Å². The standard InChI is InChI=1S/C16H14ClF3N2O4.C14H20ClNO2.C8H11Cl2NO.C3H8NO5P/c1-8(2)26-14(24)10-6-9(4-5-11(10)17)22-13(23)7-12(16(18,19)20)21(3)15(22)25;1-4-11-7-6-8-12(5-2)14(11)16(10-18-3)13(17)9-15;1-3-5-11(6-4-2)8(12)7(9)10;5-3(6)1-4-2-10(7,8)9/h4-8H,1-3H3;6-8H,4-5,9-10H2,1-3H3;3-4,7H,1-2,5-6H2;4H,1-2H2,(H,5,6)(H2,7,8,9). The fourth-order valence-corrected chi connectivity index (χ4v) is 6.28. The topological polar surface area (TPSA) is 227 Å². The molecule has 25 heteroatoms. The molecule has 368 valence electrons. The molecule has 4 N–H and O–H groups in total. The van der Waals surface area contributed by atoms with Crippen molar-refractivity contribution in [2.24, 2.45) is 7.05 Å². The summed E-state index contributed by atoms with van der Waals surface area (Å²) in [5.74, 6) is -2.42. The smallest absolute Gasteiger partial charge is 0.431 e. The molecule has 0 spiro atoms. The first-order valence-corrected chi connectivity index (χ1v) is 22.9. The zero-order chi connectivity index (χ0) is 51.1. The molecular weight excluding hydrogens is 984 g/mol. The molecule has 3 rings (SSSR count). The number of nitrogens with one attached hydrogen (secondary N) is 1. The molecule has 0 bridgehead atoms. The number of aryl methyl sites for hydroxylation is 2. The van der Waals surface area contributed by atoms with Gasteiger partial charge in [0.2, 0.25) is 5.91 Å². The summed E-state index contributed by atoms with van der Waals surface area (Å²) in [5, 5.41) is 10.1.